The smallest absolute Gasteiger partial charge is 0.318 e. The molecule has 5 atom stereocenters. The van der Waals surface area contributed by atoms with Gasteiger partial charge in [0.05, 0.1) is 11.8 Å². The lowest BCUT2D eigenvalue weighted by Gasteiger charge is -2.45. The predicted molar refractivity (Wildman–Crippen MR) is 55.0 cm³/mol. The third kappa shape index (κ3) is 0.989. The van der Waals surface area contributed by atoms with Gasteiger partial charge in [-0.3, -0.25) is 19.9 Å². The summed E-state index contributed by atoms with van der Waals surface area (Å²) < 4.78 is 4.81. The molecule has 1 N–H and O–H groups in total. The Kier molecular flexibility index (Phi) is 1.65. The van der Waals surface area contributed by atoms with Crippen LogP contribution in [0.25, 0.3) is 0 Å². The summed E-state index contributed by atoms with van der Waals surface area (Å²) in [4.78, 5) is 29.1. The number of nitrogens with one attached hydrogen (secondary N) is 1. The van der Waals surface area contributed by atoms with E-state index in [9.17, 15) is 9.59 Å². The van der Waals surface area contributed by atoms with Crippen molar-refractivity contribution < 1.29 is 19.2 Å². The van der Waals surface area contributed by atoms with E-state index in [1.807, 2.05) is 6.92 Å². The van der Waals surface area contributed by atoms with E-state index in [-0.39, 0.29) is 41.7 Å². The number of esters is 2. The molecule has 0 spiro atoms. The Morgan fingerprint density at radius 1 is 1.18 bits per heavy atom. The van der Waals surface area contributed by atoms with Crippen LogP contribution in [0.1, 0.15) is 19.8 Å². The molecule has 5 unspecified atom stereocenters. The van der Waals surface area contributed by atoms with Crippen LogP contribution in [0.5, 0.6) is 0 Å². The number of rotatable bonds is 0. The van der Waals surface area contributed by atoms with Crippen LogP contribution in [0.4, 0.5) is 0 Å². The molecule has 0 radical (unpaired) electrons. The van der Waals surface area contributed by atoms with Crippen LogP contribution in [0.2, 0.25) is 0 Å². The second-order valence-corrected chi connectivity index (χ2v) is 5.36. The van der Waals surface area contributed by atoms with Gasteiger partial charge in [0, 0.05) is 11.6 Å². The number of carbonyl (C=O) groups is 2. The minimum atomic E-state index is -0.345. The van der Waals surface area contributed by atoms with Crippen molar-refractivity contribution in [3.8, 4) is 0 Å². The standard InChI is InChI=1S/C12H13NO4/c1-4-7-5-2-3-6(10(7)17-13-4)9-8(5)11(14)16-12(9)15/h5-6,8-10,13H,2-3H2,1H3. The maximum Gasteiger partial charge on any atom is 0.318 e. The molecule has 0 aromatic heterocycles. The van der Waals surface area contributed by atoms with Crippen LogP contribution in [0.15, 0.2) is 11.3 Å². The van der Waals surface area contributed by atoms with Gasteiger partial charge in [0.25, 0.3) is 0 Å². The van der Waals surface area contributed by atoms with E-state index in [1.165, 1.54) is 5.57 Å². The first-order chi connectivity index (χ1) is 8.18. The maximum atomic E-state index is 11.8. The highest BCUT2D eigenvalue weighted by Gasteiger charge is 2.63. The molecule has 2 aliphatic heterocycles. The maximum absolute atomic E-state index is 11.8. The van der Waals surface area contributed by atoms with Crippen molar-refractivity contribution in [2.24, 2.45) is 23.7 Å². The molecule has 5 heteroatoms. The van der Waals surface area contributed by atoms with Crippen LogP contribution < -0.4 is 5.48 Å². The second kappa shape index (κ2) is 2.90. The molecule has 2 bridgehead atoms. The van der Waals surface area contributed by atoms with Crippen molar-refractivity contribution in [3.63, 3.8) is 0 Å². The van der Waals surface area contributed by atoms with Crippen molar-refractivity contribution in [3.05, 3.63) is 11.3 Å². The number of hydroxylamine groups is 1. The van der Waals surface area contributed by atoms with Gasteiger partial charge in [-0.1, -0.05) is 0 Å². The first kappa shape index (κ1) is 9.65. The van der Waals surface area contributed by atoms with Crippen molar-refractivity contribution in [1.29, 1.82) is 0 Å². The fourth-order valence-electron chi connectivity index (χ4n) is 4.10. The van der Waals surface area contributed by atoms with Crippen LogP contribution in [-0.4, -0.2) is 18.0 Å². The molecule has 90 valence electrons. The van der Waals surface area contributed by atoms with Crippen molar-refractivity contribution in [1.82, 2.24) is 5.48 Å². The van der Waals surface area contributed by atoms with E-state index in [4.69, 9.17) is 9.57 Å². The van der Waals surface area contributed by atoms with Gasteiger partial charge in [0.2, 0.25) is 0 Å². The van der Waals surface area contributed by atoms with E-state index < -0.39 is 0 Å². The Morgan fingerprint density at radius 3 is 2.76 bits per heavy atom. The van der Waals surface area contributed by atoms with Crippen LogP contribution in [-0.2, 0) is 19.2 Å². The van der Waals surface area contributed by atoms with Gasteiger partial charge in [-0.05, 0) is 31.3 Å². The Balaban J connectivity index is 1.86. The Bertz CT molecular complexity index is 469. The minimum absolute atomic E-state index is 0.0338. The van der Waals surface area contributed by atoms with Crippen LogP contribution >= 0.6 is 0 Å². The van der Waals surface area contributed by atoms with Gasteiger partial charge in [0.15, 0.2) is 0 Å². The number of hydrogen-bond acceptors (Lipinski definition) is 5. The zero-order chi connectivity index (χ0) is 11.7. The van der Waals surface area contributed by atoms with Gasteiger partial charge < -0.3 is 4.74 Å². The number of ether oxygens (including phenoxy) is 1. The van der Waals surface area contributed by atoms with E-state index in [2.05, 4.69) is 5.48 Å². The number of fused-ring (bicyclic) bond motifs is 1. The summed E-state index contributed by atoms with van der Waals surface area (Å²) >= 11 is 0. The average molecular weight is 235 g/mol. The van der Waals surface area contributed by atoms with E-state index in [0.717, 1.165) is 18.5 Å². The highest BCUT2D eigenvalue weighted by Crippen LogP contribution is 2.57. The summed E-state index contributed by atoms with van der Waals surface area (Å²) in [7, 11) is 0. The SMILES string of the molecule is CC1=C2C3CCC(C2ON1)C1C(=O)OC(=O)C31. The highest BCUT2D eigenvalue weighted by atomic mass is 16.7. The van der Waals surface area contributed by atoms with Gasteiger partial charge in [-0.2, -0.15) is 0 Å². The second-order valence-electron chi connectivity index (χ2n) is 5.36. The molecule has 0 amide bonds. The zero-order valence-corrected chi connectivity index (χ0v) is 9.43. The minimum Gasteiger partial charge on any atom is -0.393 e. The molecule has 0 aromatic rings. The summed E-state index contributed by atoms with van der Waals surface area (Å²) in [6.07, 6.45) is 1.87. The number of cyclic esters (lactones) is 2. The quantitative estimate of drug-likeness (QED) is 0.490. The summed E-state index contributed by atoms with van der Waals surface area (Å²) in [6, 6.07) is 0. The third-order valence-corrected chi connectivity index (χ3v) is 4.71. The monoisotopic (exact) mass is 235 g/mol. The fourth-order valence-corrected chi connectivity index (χ4v) is 4.10. The lowest BCUT2D eigenvalue weighted by Crippen LogP contribution is -2.50. The van der Waals surface area contributed by atoms with Crippen molar-refractivity contribution in [2.75, 3.05) is 0 Å². The van der Waals surface area contributed by atoms with Gasteiger partial charge in [0.1, 0.15) is 6.10 Å². The Morgan fingerprint density at radius 2 is 1.94 bits per heavy atom. The molecule has 0 aromatic carbocycles. The molecule has 5 nitrogen and oxygen atoms in total. The summed E-state index contributed by atoms with van der Waals surface area (Å²) in [5.41, 5.74) is 5.10. The van der Waals surface area contributed by atoms with Gasteiger partial charge >= 0.3 is 11.9 Å². The molecule has 3 aliphatic carbocycles. The van der Waals surface area contributed by atoms with Crippen molar-refractivity contribution >= 4 is 11.9 Å². The first-order valence-electron chi connectivity index (χ1n) is 6.06. The van der Waals surface area contributed by atoms with E-state index in [0.29, 0.717) is 0 Å². The first-order valence-corrected chi connectivity index (χ1v) is 6.06. The normalized spacial score (nSPS) is 46.8. The number of allylic oxidation sites excluding steroid dienone is 1. The van der Waals surface area contributed by atoms with E-state index >= 15 is 0 Å². The van der Waals surface area contributed by atoms with Crippen molar-refractivity contribution in [2.45, 2.75) is 25.9 Å². The molecule has 4 fully saturated rings. The number of hydrogen-bond donors (Lipinski definition) is 1. The number of carbonyl (C=O) groups excluding carboxylic acids is 2. The van der Waals surface area contributed by atoms with E-state index in [1.54, 1.807) is 0 Å². The average Bonchev–Trinajstić information content (AvgIpc) is 2.85. The zero-order valence-electron chi connectivity index (χ0n) is 9.43. The lowest BCUT2D eigenvalue weighted by atomic mass is 9.56. The molecule has 1 saturated heterocycles. The Hall–Kier alpha value is -1.36. The summed E-state index contributed by atoms with van der Waals surface area (Å²) in [6.45, 7) is 1.97. The molecule has 3 saturated carbocycles. The Labute approximate surface area is 98.1 Å². The molecule has 5 aliphatic rings. The van der Waals surface area contributed by atoms with Crippen LogP contribution in [0, 0.1) is 23.7 Å². The lowest BCUT2D eigenvalue weighted by molar-refractivity contribution is -0.154. The molecule has 5 rings (SSSR count). The molecule has 17 heavy (non-hydrogen) atoms. The molecule has 2 heterocycles. The fraction of sp³-hybridized carbons (Fsp3) is 0.667. The van der Waals surface area contributed by atoms with Crippen LogP contribution in [0.3, 0.4) is 0 Å². The van der Waals surface area contributed by atoms with Gasteiger partial charge in [-0.25, -0.2) is 0 Å². The topological polar surface area (TPSA) is 64.6 Å². The molecular formula is C12H13NO4. The highest BCUT2D eigenvalue weighted by molar-refractivity contribution is 5.97. The summed E-state index contributed by atoms with van der Waals surface area (Å²) in [5, 5.41) is 0. The summed E-state index contributed by atoms with van der Waals surface area (Å²) in [5.74, 6) is -0.983. The third-order valence-electron chi connectivity index (χ3n) is 4.71. The largest absolute Gasteiger partial charge is 0.393 e. The van der Waals surface area contributed by atoms with Gasteiger partial charge in [-0.15, -0.1) is 0 Å². The predicted octanol–water partition coefficient (Wildman–Crippen LogP) is 0.519. The molecular weight excluding hydrogens is 222 g/mol.